The van der Waals surface area contributed by atoms with Crippen LogP contribution in [0.1, 0.15) is 29.9 Å². The summed E-state index contributed by atoms with van der Waals surface area (Å²) in [6, 6.07) is 6.83. The van der Waals surface area contributed by atoms with Crippen LogP contribution < -0.4 is 4.90 Å². The molecule has 1 aliphatic carbocycles. The number of hydrogen-bond acceptors (Lipinski definition) is 5. The Labute approximate surface area is 170 Å². The lowest BCUT2D eigenvalue weighted by atomic mass is 9.97. The highest BCUT2D eigenvalue weighted by atomic mass is 15.3. The number of aryl methyl sites for hydroxylation is 3. The van der Waals surface area contributed by atoms with Crippen LogP contribution in [-0.4, -0.2) is 43.6 Å². The van der Waals surface area contributed by atoms with E-state index in [1.807, 2.05) is 48.7 Å². The first-order valence-electron chi connectivity index (χ1n) is 9.94. The van der Waals surface area contributed by atoms with E-state index in [2.05, 4.69) is 40.2 Å². The monoisotopic (exact) mass is 387 g/mol. The van der Waals surface area contributed by atoms with Gasteiger partial charge in [-0.15, -0.1) is 0 Å². The molecule has 0 bridgehead atoms. The first-order valence-corrected chi connectivity index (χ1v) is 9.94. The van der Waals surface area contributed by atoms with Gasteiger partial charge in [-0.25, -0.2) is 14.6 Å². The zero-order valence-corrected chi connectivity index (χ0v) is 17.5. The zero-order chi connectivity index (χ0) is 20.3. The van der Waals surface area contributed by atoms with Crippen molar-refractivity contribution < 1.29 is 0 Å². The molecule has 29 heavy (non-hydrogen) atoms. The van der Waals surface area contributed by atoms with Gasteiger partial charge in [-0.2, -0.15) is 10.2 Å². The molecule has 0 aliphatic heterocycles. The van der Waals surface area contributed by atoms with Gasteiger partial charge in [0.15, 0.2) is 5.65 Å². The minimum absolute atomic E-state index is 0.744. The van der Waals surface area contributed by atoms with Gasteiger partial charge in [0.25, 0.3) is 0 Å². The van der Waals surface area contributed by atoms with E-state index in [1.165, 1.54) is 29.5 Å². The second-order valence-corrected chi connectivity index (χ2v) is 8.14. The van der Waals surface area contributed by atoms with Crippen LogP contribution in [0.25, 0.3) is 33.5 Å². The van der Waals surface area contributed by atoms with Gasteiger partial charge in [0.2, 0.25) is 0 Å². The van der Waals surface area contributed by atoms with Crippen molar-refractivity contribution in [1.82, 2.24) is 29.5 Å². The van der Waals surface area contributed by atoms with E-state index in [0.29, 0.717) is 0 Å². The molecule has 0 unspecified atom stereocenters. The van der Waals surface area contributed by atoms with Crippen LogP contribution >= 0.6 is 0 Å². The standard InChI is InChI=1S/C22H25N7/c1-13-10-15(14-6-7-14)8-9-16(13)20-17(11-25-28(20)4)19-18-21(27(2)3)23-12-24-22(18)29(5)26-19/h8-12,14H,6-7H2,1-5H3. The molecule has 1 fully saturated rings. The molecule has 0 radical (unpaired) electrons. The maximum atomic E-state index is 4.82. The molecule has 0 amide bonds. The topological polar surface area (TPSA) is 64.7 Å². The second-order valence-electron chi connectivity index (χ2n) is 8.14. The van der Waals surface area contributed by atoms with Gasteiger partial charge in [0, 0.05) is 39.3 Å². The third kappa shape index (κ3) is 2.80. The van der Waals surface area contributed by atoms with Gasteiger partial charge in [0.05, 0.1) is 17.3 Å². The van der Waals surface area contributed by atoms with E-state index in [1.54, 1.807) is 6.33 Å². The van der Waals surface area contributed by atoms with Crippen LogP contribution in [0.4, 0.5) is 5.82 Å². The quantitative estimate of drug-likeness (QED) is 0.534. The fourth-order valence-corrected chi connectivity index (χ4v) is 4.15. The van der Waals surface area contributed by atoms with Crippen molar-refractivity contribution in [2.45, 2.75) is 25.7 Å². The van der Waals surface area contributed by atoms with Crippen LogP contribution in [0.2, 0.25) is 0 Å². The number of nitrogens with zero attached hydrogens (tertiary/aromatic N) is 7. The Balaban J connectivity index is 1.74. The molecule has 4 aromatic rings. The molecular weight excluding hydrogens is 362 g/mol. The van der Waals surface area contributed by atoms with Crippen LogP contribution in [-0.2, 0) is 14.1 Å². The van der Waals surface area contributed by atoms with E-state index >= 15 is 0 Å². The molecule has 1 aliphatic rings. The Hall–Kier alpha value is -3.22. The van der Waals surface area contributed by atoms with Gasteiger partial charge in [0.1, 0.15) is 17.8 Å². The minimum Gasteiger partial charge on any atom is -0.362 e. The predicted octanol–water partition coefficient (Wildman–Crippen LogP) is 3.68. The highest BCUT2D eigenvalue weighted by molar-refractivity contribution is 6.01. The van der Waals surface area contributed by atoms with Crippen LogP contribution in [0, 0.1) is 6.92 Å². The van der Waals surface area contributed by atoms with Crippen molar-refractivity contribution in [2.75, 3.05) is 19.0 Å². The highest BCUT2D eigenvalue weighted by Gasteiger charge is 2.26. The van der Waals surface area contributed by atoms with E-state index in [4.69, 9.17) is 5.10 Å². The second kappa shape index (κ2) is 6.40. The van der Waals surface area contributed by atoms with Crippen LogP contribution in [0.3, 0.4) is 0 Å². The summed E-state index contributed by atoms with van der Waals surface area (Å²) in [6.07, 6.45) is 6.11. The van der Waals surface area contributed by atoms with Gasteiger partial charge in [-0.05, 0) is 36.8 Å². The SMILES string of the molecule is Cc1cc(C2CC2)ccc1-c1c(-c2nn(C)c3ncnc(N(C)C)c23)cnn1C. The molecule has 0 saturated heterocycles. The normalized spacial score (nSPS) is 14.0. The van der Waals surface area contributed by atoms with Gasteiger partial charge >= 0.3 is 0 Å². The van der Waals surface area contributed by atoms with Crippen molar-refractivity contribution in [3.63, 3.8) is 0 Å². The lowest BCUT2D eigenvalue weighted by Gasteiger charge is -2.13. The number of fused-ring (bicyclic) bond motifs is 1. The molecule has 5 rings (SSSR count). The number of anilines is 1. The van der Waals surface area contributed by atoms with Crippen molar-refractivity contribution in [1.29, 1.82) is 0 Å². The van der Waals surface area contributed by atoms with Crippen LogP contribution in [0.15, 0.2) is 30.7 Å². The highest BCUT2D eigenvalue weighted by Crippen LogP contribution is 2.43. The largest absolute Gasteiger partial charge is 0.362 e. The van der Waals surface area contributed by atoms with Gasteiger partial charge in [-0.1, -0.05) is 18.2 Å². The summed E-state index contributed by atoms with van der Waals surface area (Å²) in [7, 11) is 7.89. The summed E-state index contributed by atoms with van der Waals surface area (Å²) in [5, 5.41) is 10.4. The van der Waals surface area contributed by atoms with E-state index in [0.717, 1.165) is 39.7 Å². The Morgan fingerprint density at radius 2 is 1.83 bits per heavy atom. The summed E-state index contributed by atoms with van der Waals surface area (Å²) in [5.41, 5.74) is 7.64. The summed E-state index contributed by atoms with van der Waals surface area (Å²) in [4.78, 5) is 11.0. The Bertz CT molecular complexity index is 1230. The number of benzene rings is 1. The van der Waals surface area contributed by atoms with E-state index < -0.39 is 0 Å². The lowest BCUT2D eigenvalue weighted by Crippen LogP contribution is -2.11. The molecule has 1 aromatic carbocycles. The van der Waals surface area contributed by atoms with Gasteiger partial charge < -0.3 is 4.90 Å². The predicted molar refractivity (Wildman–Crippen MR) is 115 cm³/mol. The molecule has 3 aromatic heterocycles. The molecule has 0 N–H and O–H groups in total. The zero-order valence-electron chi connectivity index (χ0n) is 17.5. The number of aromatic nitrogens is 6. The maximum absolute atomic E-state index is 4.82. The average molecular weight is 387 g/mol. The van der Waals surface area contributed by atoms with Crippen molar-refractivity contribution in [2.24, 2.45) is 14.1 Å². The maximum Gasteiger partial charge on any atom is 0.163 e. The van der Waals surface area contributed by atoms with Crippen molar-refractivity contribution >= 4 is 16.9 Å². The van der Waals surface area contributed by atoms with Crippen LogP contribution in [0.5, 0.6) is 0 Å². The summed E-state index contributed by atoms with van der Waals surface area (Å²) in [6.45, 7) is 2.18. The molecule has 0 atom stereocenters. The van der Waals surface area contributed by atoms with E-state index in [9.17, 15) is 0 Å². The number of rotatable bonds is 4. The minimum atomic E-state index is 0.744. The van der Waals surface area contributed by atoms with Crippen molar-refractivity contribution in [3.05, 3.63) is 41.9 Å². The first-order chi connectivity index (χ1) is 14.0. The third-order valence-electron chi connectivity index (χ3n) is 5.77. The molecule has 148 valence electrons. The summed E-state index contributed by atoms with van der Waals surface area (Å²) < 4.78 is 3.76. The molecule has 3 heterocycles. The van der Waals surface area contributed by atoms with Gasteiger partial charge in [-0.3, -0.25) is 4.68 Å². The Morgan fingerprint density at radius 3 is 2.52 bits per heavy atom. The summed E-state index contributed by atoms with van der Waals surface area (Å²) in [5.74, 6) is 1.60. The van der Waals surface area contributed by atoms with E-state index in [-0.39, 0.29) is 0 Å². The number of hydrogen-bond donors (Lipinski definition) is 0. The third-order valence-corrected chi connectivity index (χ3v) is 5.77. The molecular formula is C22H25N7. The fraction of sp³-hybridized carbons (Fsp3) is 0.364. The Kier molecular flexibility index (Phi) is 3.94. The van der Waals surface area contributed by atoms with Crippen molar-refractivity contribution in [3.8, 4) is 22.5 Å². The smallest absolute Gasteiger partial charge is 0.163 e. The summed E-state index contributed by atoms with van der Waals surface area (Å²) >= 11 is 0. The first kappa shape index (κ1) is 17.8. The Morgan fingerprint density at radius 1 is 1.03 bits per heavy atom. The molecule has 7 heteroatoms. The molecule has 7 nitrogen and oxygen atoms in total. The molecule has 1 saturated carbocycles. The fourth-order valence-electron chi connectivity index (χ4n) is 4.15. The average Bonchev–Trinajstić information content (AvgIpc) is 3.41. The lowest BCUT2D eigenvalue weighted by molar-refractivity contribution is 0.775. The molecule has 0 spiro atoms.